The van der Waals surface area contributed by atoms with Crippen LogP contribution in [0.15, 0.2) is 47.4 Å². The fourth-order valence-electron chi connectivity index (χ4n) is 2.20. The number of anilines is 1. The van der Waals surface area contributed by atoms with Gasteiger partial charge in [-0.2, -0.15) is 0 Å². The summed E-state index contributed by atoms with van der Waals surface area (Å²) in [5.74, 6) is 0. The first-order valence-electron chi connectivity index (χ1n) is 6.87. The average molecular weight is 304 g/mol. The van der Waals surface area contributed by atoms with E-state index in [0.717, 1.165) is 17.5 Å². The minimum Gasteiger partial charge on any atom is -0.326 e. The van der Waals surface area contributed by atoms with E-state index in [1.54, 1.807) is 31.2 Å². The summed E-state index contributed by atoms with van der Waals surface area (Å²) in [5.41, 5.74) is 8.84. The third kappa shape index (κ3) is 3.62. The van der Waals surface area contributed by atoms with Crippen molar-refractivity contribution in [1.82, 2.24) is 0 Å². The molecule has 112 valence electrons. The van der Waals surface area contributed by atoms with Crippen LogP contribution in [0.4, 0.5) is 5.69 Å². The monoisotopic (exact) mass is 304 g/mol. The molecule has 0 saturated carbocycles. The van der Waals surface area contributed by atoms with E-state index in [1.807, 2.05) is 25.1 Å². The van der Waals surface area contributed by atoms with Crippen LogP contribution in [0.25, 0.3) is 0 Å². The first-order chi connectivity index (χ1) is 9.96. The normalized spacial score (nSPS) is 11.4. The molecule has 0 aliphatic heterocycles. The van der Waals surface area contributed by atoms with Crippen LogP contribution in [0.5, 0.6) is 0 Å². The first kappa shape index (κ1) is 15.5. The molecule has 0 atom stereocenters. The fourth-order valence-corrected chi connectivity index (χ4v) is 3.48. The van der Waals surface area contributed by atoms with Crippen LogP contribution in [-0.4, -0.2) is 8.42 Å². The summed E-state index contributed by atoms with van der Waals surface area (Å²) in [6.45, 7) is 4.20. The Hall–Kier alpha value is -1.85. The largest absolute Gasteiger partial charge is 0.326 e. The summed E-state index contributed by atoms with van der Waals surface area (Å²) in [5, 5.41) is 0. The van der Waals surface area contributed by atoms with Crippen LogP contribution in [-0.2, 0) is 23.0 Å². The molecule has 0 aliphatic carbocycles. The van der Waals surface area contributed by atoms with Gasteiger partial charge in [-0.1, -0.05) is 31.2 Å². The molecule has 2 rings (SSSR count). The number of benzene rings is 2. The number of rotatable bonds is 5. The van der Waals surface area contributed by atoms with E-state index in [-0.39, 0.29) is 4.90 Å². The predicted molar refractivity (Wildman–Crippen MR) is 85.7 cm³/mol. The number of hydrogen-bond donors (Lipinski definition) is 2. The highest BCUT2D eigenvalue weighted by Gasteiger charge is 2.17. The molecule has 0 heterocycles. The molecule has 0 amide bonds. The van der Waals surface area contributed by atoms with Gasteiger partial charge in [0.25, 0.3) is 10.0 Å². The van der Waals surface area contributed by atoms with Crippen LogP contribution in [0.3, 0.4) is 0 Å². The van der Waals surface area contributed by atoms with E-state index in [2.05, 4.69) is 4.72 Å². The smallest absolute Gasteiger partial charge is 0.262 e. The molecule has 3 N–H and O–H groups in total. The summed E-state index contributed by atoms with van der Waals surface area (Å²) < 4.78 is 27.6. The minimum atomic E-state index is -3.58. The average Bonchev–Trinajstić information content (AvgIpc) is 2.46. The summed E-state index contributed by atoms with van der Waals surface area (Å²) in [7, 11) is -3.58. The van der Waals surface area contributed by atoms with Gasteiger partial charge in [-0.05, 0) is 48.2 Å². The molecule has 4 nitrogen and oxygen atoms in total. The van der Waals surface area contributed by atoms with E-state index in [9.17, 15) is 8.42 Å². The van der Waals surface area contributed by atoms with E-state index < -0.39 is 10.0 Å². The maximum absolute atomic E-state index is 12.5. The maximum atomic E-state index is 12.5. The zero-order chi connectivity index (χ0) is 15.5. The Morgan fingerprint density at radius 1 is 1.10 bits per heavy atom. The van der Waals surface area contributed by atoms with Crippen molar-refractivity contribution < 1.29 is 8.42 Å². The summed E-state index contributed by atoms with van der Waals surface area (Å²) in [6.07, 6.45) is 0.861. The van der Waals surface area contributed by atoms with E-state index in [1.165, 1.54) is 0 Å². The Kier molecular flexibility index (Phi) is 4.65. The van der Waals surface area contributed by atoms with E-state index in [0.29, 0.717) is 17.8 Å². The Balaban J connectivity index is 2.33. The number of nitrogens with two attached hydrogens (primary N) is 1. The lowest BCUT2D eigenvalue weighted by atomic mass is 10.1. The number of nitrogens with one attached hydrogen (secondary N) is 1. The number of sulfonamides is 1. The van der Waals surface area contributed by atoms with Gasteiger partial charge in [-0.25, -0.2) is 8.42 Å². The molecule has 0 radical (unpaired) electrons. The van der Waals surface area contributed by atoms with Gasteiger partial charge in [-0.3, -0.25) is 4.72 Å². The SMILES string of the molecule is CCc1cccc(NS(=O)(=O)c2ccc(CN)cc2C)c1. The lowest BCUT2D eigenvalue weighted by Crippen LogP contribution is -2.14. The molecular formula is C16H20N2O2S. The Labute approximate surface area is 126 Å². The Morgan fingerprint density at radius 2 is 1.86 bits per heavy atom. The van der Waals surface area contributed by atoms with Crippen LogP contribution in [0, 0.1) is 6.92 Å². The van der Waals surface area contributed by atoms with E-state index in [4.69, 9.17) is 5.73 Å². The second-order valence-corrected chi connectivity index (χ2v) is 6.61. The van der Waals surface area contributed by atoms with Crippen LogP contribution >= 0.6 is 0 Å². The van der Waals surface area contributed by atoms with Crippen LogP contribution in [0.2, 0.25) is 0 Å². The van der Waals surface area contributed by atoms with Gasteiger partial charge in [0, 0.05) is 12.2 Å². The third-order valence-electron chi connectivity index (χ3n) is 3.35. The fraction of sp³-hybridized carbons (Fsp3) is 0.250. The molecule has 21 heavy (non-hydrogen) atoms. The quantitative estimate of drug-likeness (QED) is 0.892. The second-order valence-electron chi connectivity index (χ2n) is 4.96. The molecule has 2 aromatic rings. The van der Waals surface area contributed by atoms with Crippen molar-refractivity contribution in [3.63, 3.8) is 0 Å². The van der Waals surface area contributed by atoms with Gasteiger partial charge in [0.2, 0.25) is 0 Å². The highest BCUT2D eigenvalue weighted by Crippen LogP contribution is 2.21. The Bertz CT molecular complexity index is 740. The van der Waals surface area contributed by atoms with Crippen molar-refractivity contribution >= 4 is 15.7 Å². The molecule has 5 heteroatoms. The molecule has 0 aromatic heterocycles. The lowest BCUT2D eigenvalue weighted by molar-refractivity contribution is 0.600. The van der Waals surface area contributed by atoms with Gasteiger partial charge >= 0.3 is 0 Å². The zero-order valence-corrected chi connectivity index (χ0v) is 13.1. The highest BCUT2D eigenvalue weighted by atomic mass is 32.2. The van der Waals surface area contributed by atoms with Crippen molar-refractivity contribution in [2.24, 2.45) is 5.73 Å². The summed E-state index contributed by atoms with van der Waals surface area (Å²) >= 11 is 0. The number of aryl methyl sites for hydroxylation is 2. The van der Waals surface area contributed by atoms with Crippen molar-refractivity contribution in [2.45, 2.75) is 31.7 Å². The standard InChI is InChI=1S/C16H20N2O2S/c1-3-13-5-4-6-15(10-13)18-21(19,20)16-8-7-14(11-17)9-12(16)2/h4-10,18H,3,11,17H2,1-2H3. The zero-order valence-electron chi connectivity index (χ0n) is 12.3. The van der Waals surface area contributed by atoms with Gasteiger partial charge in [-0.15, -0.1) is 0 Å². The molecule has 0 fully saturated rings. The highest BCUT2D eigenvalue weighted by molar-refractivity contribution is 7.92. The summed E-state index contributed by atoms with van der Waals surface area (Å²) in [6, 6.07) is 12.6. The molecule has 0 bridgehead atoms. The molecular weight excluding hydrogens is 284 g/mol. The Morgan fingerprint density at radius 3 is 2.48 bits per heavy atom. The third-order valence-corrected chi connectivity index (χ3v) is 4.89. The van der Waals surface area contributed by atoms with Crippen molar-refractivity contribution in [3.05, 3.63) is 59.2 Å². The minimum absolute atomic E-state index is 0.279. The van der Waals surface area contributed by atoms with Gasteiger partial charge < -0.3 is 5.73 Å². The van der Waals surface area contributed by atoms with Crippen molar-refractivity contribution in [1.29, 1.82) is 0 Å². The first-order valence-corrected chi connectivity index (χ1v) is 8.36. The van der Waals surface area contributed by atoms with Gasteiger partial charge in [0.15, 0.2) is 0 Å². The second kappa shape index (κ2) is 6.28. The predicted octanol–water partition coefficient (Wildman–Crippen LogP) is 2.82. The van der Waals surface area contributed by atoms with Crippen LogP contribution in [0.1, 0.15) is 23.6 Å². The lowest BCUT2D eigenvalue weighted by Gasteiger charge is -2.12. The van der Waals surface area contributed by atoms with Crippen LogP contribution < -0.4 is 10.5 Å². The molecule has 2 aromatic carbocycles. The molecule has 0 saturated heterocycles. The molecule has 0 unspecified atom stereocenters. The molecule has 0 aliphatic rings. The summed E-state index contributed by atoms with van der Waals surface area (Å²) in [4.78, 5) is 0.279. The topological polar surface area (TPSA) is 72.2 Å². The van der Waals surface area contributed by atoms with Gasteiger partial charge in [0.1, 0.15) is 0 Å². The van der Waals surface area contributed by atoms with Crippen molar-refractivity contribution in [3.8, 4) is 0 Å². The maximum Gasteiger partial charge on any atom is 0.262 e. The van der Waals surface area contributed by atoms with Crippen molar-refractivity contribution in [2.75, 3.05) is 4.72 Å². The molecule has 0 spiro atoms. The van der Waals surface area contributed by atoms with E-state index >= 15 is 0 Å². The van der Waals surface area contributed by atoms with Gasteiger partial charge in [0.05, 0.1) is 4.90 Å². The number of hydrogen-bond acceptors (Lipinski definition) is 3.